The van der Waals surface area contributed by atoms with Crippen molar-refractivity contribution in [2.45, 2.75) is 19.4 Å². The Hall–Kier alpha value is -1.25. The summed E-state index contributed by atoms with van der Waals surface area (Å²) in [6, 6.07) is 12.0. The van der Waals surface area contributed by atoms with Crippen molar-refractivity contribution in [1.29, 1.82) is 0 Å². The molecule has 0 heterocycles. The monoisotopic (exact) mass is 297 g/mol. The average molecular weight is 298 g/mol. The van der Waals surface area contributed by atoms with Crippen molar-refractivity contribution in [2.24, 2.45) is 0 Å². The molecule has 1 nitrogen and oxygen atoms in total. The molecule has 2 rings (SSSR count). The van der Waals surface area contributed by atoms with Gasteiger partial charge in [0.1, 0.15) is 5.82 Å². The van der Waals surface area contributed by atoms with E-state index in [1.165, 1.54) is 12.1 Å². The Bertz CT molecular complexity index is 555. The number of hydrogen-bond donors (Lipinski definition) is 1. The predicted molar refractivity (Wildman–Crippen MR) is 79.5 cm³/mol. The fourth-order valence-electron chi connectivity index (χ4n) is 1.90. The molecule has 0 saturated heterocycles. The average Bonchev–Trinajstić information content (AvgIpc) is 2.41. The molecule has 2 aromatic rings. The molecular weight excluding hydrogens is 284 g/mol. The molecule has 100 valence electrons. The third kappa shape index (κ3) is 3.62. The second-order valence-electron chi connectivity index (χ2n) is 4.29. The van der Waals surface area contributed by atoms with E-state index in [9.17, 15) is 4.39 Å². The highest BCUT2D eigenvalue weighted by atomic mass is 35.5. The predicted octanol–water partition coefficient (Wildman–Crippen LogP) is 5.70. The first-order chi connectivity index (χ1) is 9.10. The lowest BCUT2D eigenvalue weighted by Crippen LogP contribution is -2.09. The third-order valence-corrected chi connectivity index (χ3v) is 3.68. The number of halogens is 3. The molecule has 0 amide bonds. The van der Waals surface area contributed by atoms with Crippen molar-refractivity contribution in [2.75, 3.05) is 5.32 Å². The van der Waals surface area contributed by atoms with Crippen LogP contribution in [0.1, 0.15) is 24.9 Å². The Morgan fingerprint density at radius 1 is 1.05 bits per heavy atom. The number of hydrogen-bond acceptors (Lipinski definition) is 1. The number of anilines is 1. The van der Waals surface area contributed by atoms with Gasteiger partial charge in [-0.05, 0) is 42.3 Å². The van der Waals surface area contributed by atoms with Crippen LogP contribution in [-0.4, -0.2) is 0 Å². The van der Waals surface area contributed by atoms with E-state index in [1.807, 2.05) is 6.07 Å². The van der Waals surface area contributed by atoms with E-state index in [0.29, 0.717) is 10.0 Å². The van der Waals surface area contributed by atoms with Crippen LogP contribution in [0.15, 0.2) is 42.5 Å². The molecule has 1 atom stereocenters. The standard InChI is InChI=1S/C15H14Cl2FN/c1-2-15(10-3-5-11(18)6-4-10)19-12-7-8-13(16)14(17)9-12/h3-9,15,19H,2H2,1H3. The van der Waals surface area contributed by atoms with Crippen LogP contribution in [0.2, 0.25) is 10.0 Å². The van der Waals surface area contributed by atoms with Gasteiger partial charge in [-0.2, -0.15) is 0 Å². The van der Waals surface area contributed by atoms with Gasteiger partial charge >= 0.3 is 0 Å². The first-order valence-electron chi connectivity index (χ1n) is 6.07. The Balaban J connectivity index is 2.18. The fourth-order valence-corrected chi connectivity index (χ4v) is 2.20. The van der Waals surface area contributed by atoms with E-state index in [2.05, 4.69) is 12.2 Å². The van der Waals surface area contributed by atoms with Crippen molar-refractivity contribution in [3.8, 4) is 0 Å². The largest absolute Gasteiger partial charge is 0.378 e. The maximum absolute atomic E-state index is 12.9. The fraction of sp³-hybridized carbons (Fsp3) is 0.200. The van der Waals surface area contributed by atoms with Gasteiger partial charge in [-0.15, -0.1) is 0 Å². The molecule has 0 saturated carbocycles. The van der Waals surface area contributed by atoms with E-state index in [1.54, 1.807) is 24.3 Å². The summed E-state index contributed by atoms with van der Waals surface area (Å²) in [7, 11) is 0. The smallest absolute Gasteiger partial charge is 0.123 e. The van der Waals surface area contributed by atoms with Crippen LogP contribution < -0.4 is 5.32 Å². The summed E-state index contributed by atoms with van der Waals surface area (Å²) in [4.78, 5) is 0. The van der Waals surface area contributed by atoms with Crippen LogP contribution in [0.25, 0.3) is 0 Å². The zero-order valence-electron chi connectivity index (χ0n) is 10.5. The summed E-state index contributed by atoms with van der Waals surface area (Å²) in [6.45, 7) is 2.07. The van der Waals surface area contributed by atoms with Gasteiger partial charge in [0.25, 0.3) is 0 Å². The van der Waals surface area contributed by atoms with E-state index >= 15 is 0 Å². The molecule has 0 aliphatic carbocycles. The highest BCUT2D eigenvalue weighted by molar-refractivity contribution is 6.42. The summed E-state index contributed by atoms with van der Waals surface area (Å²) in [5, 5.41) is 4.41. The Morgan fingerprint density at radius 2 is 1.74 bits per heavy atom. The molecule has 0 spiro atoms. The topological polar surface area (TPSA) is 12.0 Å². The molecule has 1 N–H and O–H groups in total. The van der Waals surface area contributed by atoms with E-state index in [4.69, 9.17) is 23.2 Å². The van der Waals surface area contributed by atoms with Crippen LogP contribution >= 0.6 is 23.2 Å². The summed E-state index contributed by atoms with van der Waals surface area (Å²) in [5.41, 5.74) is 1.93. The van der Waals surface area contributed by atoms with E-state index in [0.717, 1.165) is 17.7 Å². The molecule has 0 fully saturated rings. The van der Waals surface area contributed by atoms with Gasteiger partial charge in [0, 0.05) is 5.69 Å². The van der Waals surface area contributed by atoms with Crippen LogP contribution in [0, 0.1) is 5.82 Å². The zero-order valence-corrected chi connectivity index (χ0v) is 12.0. The van der Waals surface area contributed by atoms with Crippen molar-refractivity contribution >= 4 is 28.9 Å². The van der Waals surface area contributed by atoms with Gasteiger partial charge in [-0.25, -0.2) is 4.39 Å². The summed E-state index contributed by atoms with van der Waals surface area (Å²) in [5.74, 6) is -0.229. The quantitative estimate of drug-likeness (QED) is 0.764. The lowest BCUT2D eigenvalue weighted by molar-refractivity contribution is 0.625. The van der Waals surface area contributed by atoms with E-state index < -0.39 is 0 Å². The van der Waals surface area contributed by atoms with Crippen molar-refractivity contribution in [3.05, 3.63) is 63.9 Å². The summed E-state index contributed by atoms with van der Waals surface area (Å²) in [6.07, 6.45) is 0.881. The summed E-state index contributed by atoms with van der Waals surface area (Å²) < 4.78 is 12.9. The van der Waals surface area contributed by atoms with Crippen LogP contribution in [0.4, 0.5) is 10.1 Å². The summed E-state index contributed by atoms with van der Waals surface area (Å²) >= 11 is 11.9. The second kappa shape index (κ2) is 6.27. The normalized spacial score (nSPS) is 12.2. The van der Waals surface area contributed by atoms with Crippen LogP contribution in [-0.2, 0) is 0 Å². The second-order valence-corrected chi connectivity index (χ2v) is 5.10. The molecule has 1 unspecified atom stereocenters. The lowest BCUT2D eigenvalue weighted by Gasteiger charge is -2.19. The maximum Gasteiger partial charge on any atom is 0.123 e. The number of rotatable bonds is 4. The minimum Gasteiger partial charge on any atom is -0.378 e. The molecule has 4 heteroatoms. The molecule has 0 aliphatic rings. The zero-order chi connectivity index (χ0) is 13.8. The maximum atomic E-state index is 12.9. The van der Waals surface area contributed by atoms with Gasteiger partial charge in [0.15, 0.2) is 0 Å². The first-order valence-corrected chi connectivity index (χ1v) is 6.82. The van der Waals surface area contributed by atoms with Gasteiger partial charge in [-0.1, -0.05) is 42.3 Å². The van der Waals surface area contributed by atoms with Crippen molar-refractivity contribution < 1.29 is 4.39 Å². The van der Waals surface area contributed by atoms with Gasteiger partial charge in [0.2, 0.25) is 0 Å². The highest BCUT2D eigenvalue weighted by Crippen LogP contribution is 2.28. The number of nitrogens with one attached hydrogen (secondary N) is 1. The van der Waals surface area contributed by atoms with Gasteiger partial charge in [-0.3, -0.25) is 0 Å². The Labute approximate surface area is 122 Å². The lowest BCUT2D eigenvalue weighted by atomic mass is 10.0. The SMILES string of the molecule is CCC(Nc1ccc(Cl)c(Cl)c1)c1ccc(F)cc1. The minimum absolute atomic E-state index is 0.109. The molecule has 0 aliphatic heterocycles. The molecule has 0 bridgehead atoms. The van der Waals surface area contributed by atoms with Crippen LogP contribution in [0.3, 0.4) is 0 Å². The third-order valence-electron chi connectivity index (χ3n) is 2.94. The molecule has 2 aromatic carbocycles. The Morgan fingerprint density at radius 3 is 2.32 bits per heavy atom. The first kappa shape index (κ1) is 14.2. The molecule has 19 heavy (non-hydrogen) atoms. The highest BCUT2D eigenvalue weighted by Gasteiger charge is 2.10. The molecule has 0 radical (unpaired) electrons. The van der Waals surface area contributed by atoms with Crippen LogP contribution in [0.5, 0.6) is 0 Å². The van der Waals surface area contributed by atoms with Gasteiger partial charge in [0.05, 0.1) is 16.1 Å². The molecule has 0 aromatic heterocycles. The molecular formula is C15H14Cl2FN. The Kier molecular flexibility index (Phi) is 4.67. The van der Waals surface area contributed by atoms with E-state index in [-0.39, 0.29) is 11.9 Å². The van der Waals surface area contributed by atoms with Gasteiger partial charge < -0.3 is 5.32 Å². The van der Waals surface area contributed by atoms with Crippen molar-refractivity contribution in [3.63, 3.8) is 0 Å². The minimum atomic E-state index is -0.229. The van der Waals surface area contributed by atoms with Crippen molar-refractivity contribution in [1.82, 2.24) is 0 Å². The number of benzene rings is 2.